The van der Waals surface area contributed by atoms with Gasteiger partial charge in [0.1, 0.15) is 11.3 Å². The first-order chi connectivity index (χ1) is 17.5. The molecule has 0 aliphatic carbocycles. The van der Waals surface area contributed by atoms with Crippen molar-refractivity contribution in [3.05, 3.63) is 53.1 Å². The molecule has 0 N–H and O–H groups in total. The Hall–Kier alpha value is -2.79. The molecule has 4 rings (SSSR count). The summed E-state index contributed by atoms with van der Waals surface area (Å²) in [5.41, 5.74) is 0.940. The van der Waals surface area contributed by atoms with Crippen molar-refractivity contribution in [2.75, 3.05) is 31.2 Å². The van der Waals surface area contributed by atoms with E-state index >= 15 is 0 Å². The van der Waals surface area contributed by atoms with Crippen molar-refractivity contribution in [2.45, 2.75) is 56.1 Å². The number of nitrogens with zero attached hydrogens (tertiary/aromatic N) is 1. The number of benzene rings is 2. The van der Waals surface area contributed by atoms with Crippen LogP contribution in [0.1, 0.15) is 47.7 Å². The van der Waals surface area contributed by atoms with Crippen LogP contribution in [0.25, 0.3) is 0 Å². The Balaban J connectivity index is 1.65. The summed E-state index contributed by atoms with van der Waals surface area (Å²) in [5.74, 6) is -0.250. The number of anilines is 1. The number of carbonyl (C=O) groups excluding carboxylic acids is 1. The maximum absolute atomic E-state index is 13.8. The molecular weight excluding hydrogens is 511 g/mol. The average Bonchev–Trinajstić information content (AvgIpc) is 2.86. The minimum atomic E-state index is -4.36. The summed E-state index contributed by atoms with van der Waals surface area (Å²) in [6, 6.07) is 7.78. The van der Waals surface area contributed by atoms with Crippen LogP contribution in [0.2, 0.25) is 0 Å². The van der Waals surface area contributed by atoms with Crippen LogP contribution in [0.5, 0.6) is 5.75 Å². The number of fused-ring (bicyclic) bond motifs is 1. The molecule has 1 saturated heterocycles. The molecule has 37 heavy (non-hydrogen) atoms. The van der Waals surface area contributed by atoms with Crippen LogP contribution in [-0.4, -0.2) is 53.5 Å². The van der Waals surface area contributed by atoms with Crippen LogP contribution >= 0.6 is 0 Å². The molecule has 2 aliphatic heterocycles. The predicted octanol–water partition coefficient (Wildman–Crippen LogP) is 4.91. The van der Waals surface area contributed by atoms with Crippen LogP contribution in [0.15, 0.2) is 41.3 Å². The molecule has 0 spiro atoms. The Labute approximate surface area is 214 Å². The molecule has 0 aromatic heterocycles. The molecular formula is C26H30F3NO6S. The molecule has 0 amide bonds. The van der Waals surface area contributed by atoms with Crippen LogP contribution < -0.4 is 9.04 Å². The van der Waals surface area contributed by atoms with E-state index in [1.165, 1.54) is 47.8 Å². The quantitative estimate of drug-likeness (QED) is 0.463. The molecule has 0 bridgehead atoms. The smallest absolute Gasteiger partial charge is 0.393 e. The van der Waals surface area contributed by atoms with Gasteiger partial charge in [0.05, 0.1) is 30.7 Å². The number of carbonyl (C=O) groups is 1. The Morgan fingerprint density at radius 3 is 2.51 bits per heavy atom. The Bertz CT molecular complexity index is 1240. The van der Waals surface area contributed by atoms with Gasteiger partial charge in [-0.3, -0.25) is 4.31 Å². The molecule has 1 atom stereocenters. The fraction of sp³-hybridized carbons (Fsp3) is 0.500. The summed E-state index contributed by atoms with van der Waals surface area (Å²) in [4.78, 5) is 12.4. The van der Waals surface area contributed by atoms with E-state index in [0.717, 1.165) is 12.8 Å². The first-order valence-electron chi connectivity index (χ1n) is 12.2. The zero-order valence-electron chi connectivity index (χ0n) is 20.7. The second kappa shape index (κ2) is 10.9. The first kappa shape index (κ1) is 27.3. The molecule has 11 heteroatoms. The number of rotatable bonds is 7. The van der Waals surface area contributed by atoms with Crippen LogP contribution in [0.3, 0.4) is 0 Å². The summed E-state index contributed by atoms with van der Waals surface area (Å²) < 4.78 is 83.6. The van der Waals surface area contributed by atoms with Crippen molar-refractivity contribution < 1.29 is 40.6 Å². The number of hydrogen-bond acceptors (Lipinski definition) is 6. The second-order valence-corrected chi connectivity index (χ2v) is 11.3. The zero-order valence-corrected chi connectivity index (χ0v) is 21.5. The molecule has 0 unspecified atom stereocenters. The number of methoxy groups -OCH3 is 1. The Morgan fingerprint density at radius 2 is 1.84 bits per heavy atom. The summed E-state index contributed by atoms with van der Waals surface area (Å²) in [6.07, 6.45) is -2.88. The van der Waals surface area contributed by atoms with Crippen LogP contribution in [0, 0.1) is 5.92 Å². The lowest BCUT2D eigenvalue weighted by Crippen LogP contribution is -2.42. The third kappa shape index (κ3) is 6.20. The van der Waals surface area contributed by atoms with Gasteiger partial charge in [-0.05, 0) is 73.9 Å². The van der Waals surface area contributed by atoms with Crippen molar-refractivity contribution in [1.29, 1.82) is 0 Å². The average molecular weight is 542 g/mol. The lowest BCUT2D eigenvalue weighted by atomic mass is 9.96. The van der Waals surface area contributed by atoms with Crippen molar-refractivity contribution in [2.24, 2.45) is 5.92 Å². The van der Waals surface area contributed by atoms with E-state index in [1.807, 2.05) is 0 Å². The summed E-state index contributed by atoms with van der Waals surface area (Å²) in [7, 11) is -2.96. The fourth-order valence-corrected chi connectivity index (χ4v) is 6.53. The second-order valence-electron chi connectivity index (χ2n) is 9.46. The number of alkyl halides is 3. The van der Waals surface area contributed by atoms with E-state index in [4.69, 9.17) is 14.2 Å². The van der Waals surface area contributed by atoms with Gasteiger partial charge >= 0.3 is 12.1 Å². The van der Waals surface area contributed by atoms with Gasteiger partial charge in [-0.1, -0.05) is 12.1 Å². The number of ether oxygens (including phenoxy) is 3. The van der Waals surface area contributed by atoms with E-state index < -0.39 is 34.6 Å². The van der Waals surface area contributed by atoms with Gasteiger partial charge in [0.2, 0.25) is 0 Å². The standard InChI is InChI=1S/C26H30F3NO6S/c1-17-3-5-20-13-19(15-26(27,28)29)4-7-23(20)30(17)37(32,33)21-6-8-24(22(14-21)25(31)34-2)36-16-18-9-11-35-12-10-18/h4,6-8,13-14,17-18H,3,5,9-12,15-16H2,1-2H3/t17-/m0/s1. The van der Waals surface area contributed by atoms with Crippen molar-refractivity contribution in [3.8, 4) is 5.75 Å². The molecule has 1 fully saturated rings. The van der Waals surface area contributed by atoms with Gasteiger partial charge in [0.25, 0.3) is 10.0 Å². The van der Waals surface area contributed by atoms with Gasteiger partial charge in [0.15, 0.2) is 0 Å². The lowest BCUT2D eigenvalue weighted by molar-refractivity contribution is -0.127. The molecule has 2 aliphatic rings. The molecule has 2 aromatic rings. The van der Waals surface area contributed by atoms with E-state index in [0.29, 0.717) is 43.9 Å². The molecule has 0 radical (unpaired) electrons. The summed E-state index contributed by atoms with van der Waals surface area (Å²) in [5, 5.41) is 0. The van der Waals surface area contributed by atoms with Gasteiger partial charge in [0, 0.05) is 19.3 Å². The third-order valence-electron chi connectivity index (χ3n) is 6.75. The molecule has 202 valence electrons. The minimum Gasteiger partial charge on any atom is -0.492 e. The SMILES string of the molecule is COC(=O)c1cc(S(=O)(=O)N2c3ccc(CC(F)(F)F)cc3CC[C@@H]2C)ccc1OCC1CCOCC1. The highest BCUT2D eigenvalue weighted by atomic mass is 32.2. The van der Waals surface area contributed by atoms with Gasteiger partial charge in [-0.25, -0.2) is 13.2 Å². The highest BCUT2D eigenvalue weighted by Crippen LogP contribution is 2.38. The number of halogens is 3. The third-order valence-corrected chi connectivity index (χ3v) is 8.67. The first-order valence-corrected chi connectivity index (χ1v) is 13.6. The number of esters is 1. The highest BCUT2D eigenvalue weighted by molar-refractivity contribution is 7.92. The maximum atomic E-state index is 13.8. The maximum Gasteiger partial charge on any atom is 0.393 e. The number of sulfonamides is 1. The molecule has 0 saturated carbocycles. The number of hydrogen-bond donors (Lipinski definition) is 0. The highest BCUT2D eigenvalue weighted by Gasteiger charge is 2.36. The summed E-state index contributed by atoms with van der Waals surface area (Å²) >= 11 is 0. The van der Waals surface area contributed by atoms with Crippen molar-refractivity contribution in [1.82, 2.24) is 0 Å². The molecule has 2 heterocycles. The van der Waals surface area contributed by atoms with E-state index in [2.05, 4.69) is 0 Å². The largest absolute Gasteiger partial charge is 0.492 e. The monoisotopic (exact) mass is 541 g/mol. The fourth-order valence-electron chi connectivity index (χ4n) is 4.78. The topological polar surface area (TPSA) is 82.1 Å². The normalized spacial score (nSPS) is 18.8. The minimum absolute atomic E-state index is 0.0129. The van der Waals surface area contributed by atoms with Crippen molar-refractivity contribution in [3.63, 3.8) is 0 Å². The van der Waals surface area contributed by atoms with Gasteiger partial charge < -0.3 is 14.2 Å². The van der Waals surface area contributed by atoms with Gasteiger partial charge in [-0.2, -0.15) is 13.2 Å². The van der Waals surface area contributed by atoms with Crippen LogP contribution in [-0.2, 0) is 32.3 Å². The molecule has 7 nitrogen and oxygen atoms in total. The Morgan fingerprint density at radius 1 is 1.11 bits per heavy atom. The Kier molecular flexibility index (Phi) is 8.03. The predicted molar refractivity (Wildman–Crippen MR) is 130 cm³/mol. The number of aryl methyl sites for hydroxylation is 1. The summed E-state index contributed by atoms with van der Waals surface area (Å²) in [6.45, 7) is 3.39. The van der Waals surface area contributed by atoms with E-state index in [1.54, 1.807) is 6.92 Å². The molecule has 2 aromatic carbocycles. The van der Waals surface area contributed by atoms with Gasteiger partial charge in [-0.15, -0.1) is 0 Å². The lowest BCUT2D eigenvalue weighted by Gasteiger charge is -2.36. The van der Waals surface area contributed by atoms with Crippen molar-refractivity contribution >= 4 is 21.7 Å². The van der Waals surface area contributed by atoms with E-state index in [9.17, 15) is 26.4 Å². The van der Waals surface area contributed by atoms with E-state index in [-0.39, 0.29) is 27.7 Å². The van der Waals surface area contributed by atoms with Crippen LogP contribution in [0.4, 0.5) is 18.9 Å². The zero-order chi connectivity index (χ0) is 26.8.